The molecule has 1 aliphatic heterocycles. The Morgan fingerprint density at radius 3 is 2.03 bits per heavy atom. The van der Waals surface area contributed by atoms with Crippen molar-refractivity contribution in [1.29, 1.82) is 0 Å². The van der Waals surface area contributed by atoms with E-state index in [1.54, 1.807) is 41.5 Å². The molecular formula is C27H43FN4O7. The first-order valence-corrected chi connectivity index (χ1v) is 13.5. The minimum absolute atomic E-state index is 0.0260. The Bertz CT molecular complexity index is 995. The molecule has 3 rings (SSSR count). The van der Waals surface area contributed by atoms with E-state index >= 15 is 0 Å². The van der Waals surface area contributed by atoms with Gasteiger partial charge in [0, 0.05) is 17.9 Å². The molecule has 0 aromatic heterocycles. The molecule has 3 aliphatic rings. The van der Waals surface area contributed by atoms with Crippen molar-refractivity contribution in [3.05, 3.63) is 0 Å². The molecule has 1 heterocycles. The number of amides is 4. The van der Waals surface area contributed by atoms with E-state index in [0.717, 1.165) is 12.8 Å². The molecule has 0 aromatic carbocycles. The average Bonchev–Trinajstić information content (AvgIpc) is 3.69. The highest BCUT2D eigenvalue weighted by atomic mass is 19.1. The molecule has 4 amide bonds. The summed E-state index contributed by atoms with van der Waals surface area (Å²) in [6, 6.07) is -3.58. The quantitative estimate of drug-likeness (QED) is 0.302. The standard InChI is InChI=1S/C27H43FN4O7/c1-24(2,3)18(31-23(37)39-25(4,5)6)21(35)30-17(14-26(28)8-9-26)20(34)29-16(22(36)38-7)12-15-13-27(10-11-27)32-19(15)33/h15-18H,8-14H2,1-7H3,(H,29,34)(H,30,35)(H,31,37)(H,32,33)/t15-,16+,17+,18-/m1/s1. The van der Waals surface area contributed by atoms with Crippen LogP contribution in [0.3, 0.4) is 0 Å². The van der Waals surface area contributed by atoms with Gasteiger partial charge < -0.3 is 30.7 Å². The number of hydrogen-bond donors (Lipinski definition) is 4. The first-order valence-electron chi connectivity index (χ1n) is 13.5. The van der Waals surface area contributed by atoms with E-state index in [-0.39, 0.29) is 37.1 Å². The minimum Gasteiger partial charge on any atom is -0.467 e. The Kier molecular flexibility index (Phi) is 8.57. The minimum atomic E-state index is -1.62. The zero-order chi connectivity index (χ0) is 29.4. The fraction of sp³-hybridized carbons (Fsp3) is 0.815. The molecule has 0 bridgehead atoms. The molecule has 1 saturated heterocycles. The molecule has 3 fully saturated rings. The van der Waals surface area contributed by atoms with Gasteiger partial charge in [0.1, 0.15) is 29.4 Å². The summed E-state index contributed by atoms with van der Waals surface area (Å²) in [5, 5.41) is 10.7. The van der Waals surface area contributed by atoms with Crippen molar-refractivity contribution in [3.63, 3.8) is 0 Å². The van der Waals surface area contributed by atoms with E-state index in [9.17, 15) is 28.4 Å². The van der Waals surface area contributed by atoms with Crippen molar-refractivity contribution in [2.75, 3.05) is 7.11 Å². The first kappa shape index (κ1) is 30.6. The third-order valence-electron chi connectivity index (χ3n) is 7.36. The van der Waals surface area contributed by atoms with Gasteiger partial charge in [-0.25, -0.2) is 14.0 Å². The second kappa shape index (κ2) is 10.9. The maximum atomic E-state index is 14.9. The molecule has 2 saturated carbocycles. The fourth-order valence-corrected chi connectivity index (χ4v) is 4.83. The Morgan fingerprint density at radius 2 is 1.56 bits per heavy atom. The van der Waals surface area contributed by atoms with Gasteiger partial charge in [-0.15, -0.1) is 0 Å². The smallest absolute Gasteiger partial charge is 0.408 e. The van der Waals surface area contributed by atoms with Crippen molar-refractivity contribution < 1.29 is 37.8 Å². The third kappa shape index (κ3) is 8.53. The van der Waals surface area contributed by atoms with Crippen molar-refractivity contribution in [3.8, 4) is 0 Å². The van der Waals surface area contributed by atoms with Crippen LogP contribution in [0.5, 0.6) is 0 Å². The number of halogens is 1. The molecule has 12 heteroatoms. The van der Waals surface area contributed by atoms with Crippen LogP contribution in [0.4, 0.5) is 9.18 Å². The monoisotopic (exact) mass is 554 g/mol. The van der Waals surface area contributed by atoms with Crippen molar-refractivity contribution in [2.24, 2.45) is 11.3 Å². The number of hydrogen-bond acceptors (Lipinski definition) is 7. The molecule has 2 aliphatic carbocycles. The number of carbonyl (C=O) groups is 5. The maximum Gasteiger partial charge on any atom is 0.408 e. The summed E-state index contributed by atoms with van der Waals surface area (Å²) in [5.74, 6) is -2.87. The Balaban J connectivity index is 1.73. The van der Waals surface area contributed by atoms with Crippen LogP contribution >= 0.6 is 0 Å². The van der Waals surface area contributed by atoms with Gasteiger partial charge in [-0.1, -0.05) is 20.8 Å². The molecule has 39 heavy (non-hydrogen) atoms. The van der Waals surface area contributed by atoms with E-state index in [4.69, 9.17) is 9.47 Å². The van der Waals surface area contributed by atoms with E-state index in [1.807, 2.05) is 0 Å². The first-order chi connectivity index (χ1) is 17.9. The molecule has 1 spiro atoms. The van der Waals surface area contributed by atoms with Crippen LogP contribution in [0.2, 0.25) is 0 Å². The van der Waals surface area contributed by atoms with Crippen LogP contribution in [0.15, 0.2) is 0 Å². The number of carbonyl (C=O) groups excluding carboxylic acids is 5. The summed E-state index contributed by atoms with van der Waals surface area (Å²) in [7, 11) is 1.18. The normalized spacial score (nSPS) is 23.1. The number of rotatable bonds is 10. The number of alkyl carbamates (subject to hydrolysis) is 1. The van der Waals surface area contributed by atoms with Gasteiger partial charge in [-0.3, -0.25) is 14.4 Å². The Labute approximate surface area is 229 Å². The van der Waals surface area contributed by atoms with Gasteiger partial charge in [-0.2, -0.15) is 0 Å². The zero-order valence-corrected chi connectivity index (χ0v) is 24.0. The van der Waals surface area contributed by atoms with Crippen LogP contribution in [0, 0.1) is 11.3 Å². The van der Waals surface area contributed by atoms with Crippen molar-refractivity contribution in [1.82, 2.24) is 21.3 Å². The van der Waals surface area contributed by atoms with Crippen LogP contribution in [0.25, 0.3) is 0 Å². The number of nitrogens with one attached hydrogen (secondary N) is 4. The van der Waals surface area contributed by atoms with Gasteiger partial charge in [0.05, 0.1) is 7.11 Å². The summed E-state index contributed by atoms with van der Waals surface area (Å²) in [6.07, 6.45) is 1.73. The summed E-state index contributed by atoms with van der Waals surface area (Å²) in [4.78, 5) is 64.2. The van der Waals surface area contributed by atoms with Gasteiger partial charge in [0.2, 0.25) is 17.7 Å². The highest BCUT2D eigenvalue weighted by Crippen LogP contribution is 2.46. The summed E-state index contributed by atoms with van der Waals surface area (Å²) < 4.78 is 25.0. The van der Waals surface area contributed by atoms with E-state index in [2.05, 4.69) is 21.3 Å². The number of ether oxygens (including phenoxy) is 2. The highest BCUT2D eigenvalue weighted by molar-refractivity contribution is 5.94. The lowest BCUT2D eigenvalue weighted by Crippen LogP contribution is -2.59. The largest absolute Gasteiger partial charge is 0.467 e. The third-order valence-corrected chi connectivity index (χ3v) is 7.36. The molecule has 0 radical (unpaired) electrons. The molecule has 4 N–H and O–H groups in total. The van der Waals surface area contributed by atoms with E-state index < -0.39 is 64.6 Å². The number of esters is 1. The lowest BCUT2D eigenvalue weighted by atomic mass is 9.86. The van der Waals surface area contributed by atoms with Crippen LogP contribution in [-0.2, 0) is 28.7 Å². The van der Waals surface area contributed by atoms with E-state index in [1.165, 1.54) is 7.11 Å². The zero-order valence-electron chi connectivity index (χ0n) is 24.0. The topological polar surface area (TPSA) is 152 Å². The number of methoxy groups -OCH3 is 1. The summed E-state index contributed by atoms with van der Waals surface area (Å²) in [5.41, 5.74) is -3.40. The highest BCUT2D eigenvalue weighted by Gasteiger charge is 2.53. The molecular weight excluding hydrogens is 511 g/mol. The van der Waals surface area contributed by atoms with Gasteiger partial charge in [0.15, 0.2) is 0 Å². The van der Waals surface area contributed by atoms with Crippen molar-refractivity contribution in [2.45, 2.75) is 121 Å². The van der Waals surface area contributed by atoms with Crippen LogP contribution in [0.1, 0.15) is 86.5 Å². The fourth-order valence-electron chi connectivity index (χ4n) is 4.83. The Morgan fingerprint density at radius 1 is 0.974 bits per heavy atom. The van der Waals surface area contributed by atoms with Crippen molar-refractivity contribution >= 4 is 29.8 Å². The maximum absolute atomic E-state index is 14.9. The predicted molar refractivity (Wildman–Crippen MR) is 139 cm³/mol. The van der Waals surface area contributed by atoms with Crippen LogP contribution in [-0.4, -0.2) is 71.8 Å². The molecule has 0 aromatic rings. The molecule has 0 unspecified atom stereocenters. The second-order valence-electron chi connectivity index (χ2n) is 13.4. The molecule has 220 valence electrons. The number of alkyl halides is 1. The summed E-state index contributed by atoms with van der Waals surface area (Å²) >= 11 is 0. The van der Waals surface area contributed by atoms with Crippen LogP contribution < -0.4 is 21.3 Å². The lowest BCUT2D eigenvalue weighted by molar-refractivity contribution is -0.146. The molecule has 11 nitrogen and oxygen atoms in total. The van der Waals surface area contributed by atoms with Gasteiger partial charge >= 0.3 is 12.1 Å². The van der Waals surface area contributed by atoms with Gasteiger partial charge in [0.25, 0.3) is 0 Å². The van der Waals surface area contributed by atoms with E-state index in [0.29, 0.717) is 6.42 Å². The Hall–Kier alpha value is -2.92. The second-order valence-corrected chi connectivity index (χ2v) is 13.4. The SMILES string of the molecule is COC(=O)[C@H](C[C@@H]1CC2(CC2)NC1=O)NC(=O)[C@H](CC1(F)CC1)NC(=O)[C@@H](NC(=O)OC(C)(C)C)C(C)(C)C. The van der Waals surface area contributed by atoms with Gasteiger partial charge in [-0.05, 0) is 64.7 Å². The average molecular weight is 555 g/mol. The lowest BCUT2D eigenvalue weighted by Gasteiger charge is -2.33. The molecule has 4 atom stereocenters. The summed E-state index contributed by atoms with van der Waals surface area (Å²) in [6.45, 7) is 10.3. The predicted octanol–water partition coefficient (Wildman–Crippen LogP) is 2.02.